The van der Waals surface area contributed by atoms with E-state index in [2.05, 4.69) is 49.7 Å². The lowest BCUT2D eigenvalue weighted by Gasteiger charge is -2.35. The number of amides is 3. The third-order valence-electron chi connectivity index (χ3n) is 14.0. The Morgan fingerprint density at radius 2 is 1.67 bits per heavy atom. The Hall–Kier alpha value is -6.60. The number of fused-ring (bicyclic) bond motifs is 3. The van der Waals surface area contributed by atoms with Gasteiger partial charge in [0.05, 0.1) is 46.6 Å². The number of aromatic nitrogens is 7. The Bertz CT molecular complexity index is 3190. The first-order chi connectivity index (χ1) is 34.6. The first-order valence-electron chi connectivity index (χ1n) is 24.2. The van der Waals surface area contributed by atoms with Crippen molar-refractivity contribution in [2.45, 2.75) is 117 Å². The Labute approximate surface area is 430 Å². The number of thiophene rings is 1. The molecule has 5 atom stereocenters. The van der Waals surface area contributed by atoms with E-state index in [1.54, 1.807) is 39.7 Å². The fraction of sp³-hybridized carbons (Fsp3) is 0.377. The van der Waals surface area contributed by atoms with E-state index in [-0.39, 0.29) is 61.2 Å². The van der Waals surface area contributed by atoms with Crippen LogP contribution in [-0.4, -0.2) is 98.8 Å². The summed E-state index contributed by atoms with van der Waals surface area (Å²) < 4.78 is 10.00. The maximum Gasteiger partial charge on any atom is 0.248 e. The number of hydrogen-bond acceptors (Lipinski definition) is 13. The Morgan fingerprint density at radius 1 is 0.917 bits per heavy atom. The SMILES string of the molecule is Cc1ncsc1-c1ccc([C@H](C)NC(=O)[C@@H]2C[C@@H](O)CN2C(=O)[C@H](C(C)C)n2cc(-c3ccnc(O[C@H]4C[C@H](NC(=O)C[C@@H]5N=C(c6ccc(Cl)cc6)c6c(sc(C)c6C)-n6c(C)nnc65)C4)c3)cn2)cc1. The molecule has 2 fully saturated rings. The van der Waals surface area contributed by atoms with E-state index in [1.807, 2.05) is 112 Å². The zero-order valence-corrected chi connectivity index (χ0v) is 43.4. The number of halogens is 1. The average molecular weight is 1030 g/mol. The number of β-amino-alcohol motifs (C(OH)–C–C–N with tert-alkyl or cyclic N) is 1. The molecule has 16 nitrogen and oxygen atoms in total. The second-order valence-corrected chi connectivity index (χ2v) is 21.9. The van der Waals surface area contributed by atoms with Crippen LogP contribution in [0.25, 0.3) is 26.6 Å². The van der Waals surface area contributed by atoms with Crippen molar-refractivity contribution in [3.63, 3.8) is 0 Å². The summed E-state index contributed by atoms with van der Waals surface area (Å²) in [5, 5.41) is 32.3. The van der Waals surface area contributed by atoms with Gasteiger partial charge in [0, 0.05) is 76.9 Å². The molecule has 0 bridgehead atoms. The van der Waals surface area contributed by atoms with E-state index in [0.717, 1.165) is 66.1 Å². The molecule has 1 aliphatic carbocycles. The lowest BCUT2D eigenvalue weighted by atomic mass is 9.89. The van der Waals surface area contributed by atoms with Crippen molar-refractivity contribution in [3.05, 3.63) is 134 Å². The molecule has 1 saturated heterocycles. The van der Waals surface area contributed by atoms with Gasteiger partial charge in [-0.2, -0.15) is 5.10 Å². The summed E-state index contributed by atoms with van der Waals surface area (Å²) in [6, 6.07) is 16.8. The number of carbonyl (C=O) groups is 3. The van der Waals surface area contributed by atoms with E-state index in [0.29, 0.717) is 29.6 Å². The number of ether oxygens (including phenoxy) is 1. The molecule has 72 heavy (non-hydrogen) atoms. The molecule has 7 aromatic rings. The summed E-state index contributed by atoms with van der Waals surface area (Å²) in [5.41, 5.74) is 10.2. The Kier molecular flexibility index (Phi) is 13.7. The van der Waals surface area contributed by atoms with Crippen LogP contribution >= 0.6 is 34.3 Å². The quantitative estimate of drug-likeness (QED) is 0.0949. The molecule has 1 saturated carbocycles. The van der Waals surface area contributed by atoms with Gasteiger partial charge < -0.3 is 25.4 Å². The number of carbonyl (C=O) groups excluding carboxylic acids is 3. The smallest absolute Gasteiger partial charge is 0.248 e. The van der Waals surface area contributed by atoms with Crippen LogP contribution in [0.2, 0.25) is 5.02 Å². The van der Waals surface area contributed by atoms with Gasteiger partial charge in [-0.25, -0.2) is 9.97 Å². The van der Waals surface area contributed by atoms with Crippen molar-refractivity contribution in [2.75, 3.05) is 6.54 Å². The highest BCUT2D eigenvalue weighted by Crippen LogP contribution is 2.40. The molecule has 19 heteroatoms. The van der Waals surface area contributed by atoms with E-state index < -0.39 is 24.2 Å². The van der Waals surface area contributed by atoms with Crippen LogP contribution in [0.1, 0.15) is 109 Å². The number of aliphatic hydroxyl groups excluding tert-OH is 1. The van der Waals surface area contributed by atoms with E-state index in [9.17, 15) is 19.5 Å². The lowest BCUT2D eigenvalue weighted by molar-refractivity contribution is -0.142. The number of pyridine rings is 1. The molecule has 3 aliphatic rings. The van der Waals surface area contributed by atoms with Gasteiger partial charge in [0.1, 0.15) is 35.1 Å². The highest BCUT2D eigenvalue weighted by atomic mass is 35.5. The number of aryl methyl sites for hydroxylation is 3. The molecule has 3 amide bonds. The molecule has 10 rings (SSSR count). The third-order valence-corrected chi connectivity index (χ3v) is 16.4. The van der Waals surface area contributed by atoms with Crippen molar-refractivity contribution < 1.29 is 24.2 Å². The Balaban J connectivity index is 0.762. The van der Waals surface area contributed by atoms with Crippen molar-refractivity contribution in [1.82, 2.24) is 50.0 Å². The predicted octanol–water partition coefficient (Wildman–Crippen LogP) is 8.64. The third kappa shape index (κ3) is 9.72. The largest absolute Gasteiger partial charge is 0.474 e. The molecule has 0 unspecified atom stereocenters. The zero-order chi connectivity index (χ0) is 50.5. The summed E-state index contributed by atoms with van der Waals surface area (Å²) in [6.45, 7) is 13.9. The summed E-state index contributed by atoms with van der Waals surface area (Å²) in [5.74, 6) is 0.851. The highest BCUT2D eigenvalue weighted by Gasteiger charge is 2.43. The van der Waals surface area contributed by atoms with E-state index in [4.69, 9.17) is 21.3 Å². The number of thiazole rings is 1. The van der Waals surface area contributed by atoms with Crippen LogP contribution in [0.5, 0.6) is 5.88 Å². The maximum absolute atomic E-state index is 14.4. The molecule has 0 radical (unpaired) electrons. The normalized spacial score (nSPS) is 20.2. The zero-order valence-electron chi connectivity index (χ0n) is 41.0. The molecule has 372 valence electrons. The number of benzene rings is 2. The second kappa shape index (κ2) is 20.1. The standard InChI is InChI=1S/C53H56ClN11O5S2/c1-27(2)48(52(69)63-25-40(66)21-43(63)51(68)58-29(4)33-8-10-35(11-9-33)49-30(5)56-26-71-49)64-24-37(23-57-64)36-16-17-55-45(18-36)70-41-19-39(20-41)59-44(67)22-42-50-62-61-32(7)65(50)53-46(28(3)31(6)72-53)47(60-42)34-12-14-38(54)15-13-34/h8-18,23-24,26-27,29,39-43,48,66H,19-22,25H2,1-7H3,(H,58,68)(H,59,67)/t29-,39-,40+,41-,42-,43-,48-/m0/s1. The molecule has 5 aromatic heterocycles. The lowest BCUT2D eigenvalue weighted by Crippen LogP contribution is -2.49. The summed E-state index contributed by atoms with van der Waals surface area (Å²) in [7, 11) is 0. The van der Waals surface area contributed by atoms with Gasteiger partial charge in [-0.3, -0.25) is 28.6 Å². The fourth-order valence-corrected chi connectivity index (χ4v) is 12.1. The fourth-order valence-electron chi connectivity index (χ4n) is 9.91. The van der Waals surface area contributed by atoms with Crippen LogP contribution < -0.4 is 15.4 Å². The number of nitrogens with zero attached hydrogens (tertiary/aromatic N) is 9. The minimum atomic E-state index is -0.842. The molecule has 2 aromatic carbocycles. The molecule has 0 spiro atoms. The Morgan fingerprint density at radius 3 is 2.39 bits per heavy atom. The minimum absolute atomic E-state index is 0.0447. The van der Waals surface area contributed by atoms with E-state index >= 15 is 0 Å². The van der Waals surface area contributed by atoms with Crippen LogP contribution in [0, 0.1) is 33.6 Å². The summed E-state index contributed by atoms with van der Waals surface area (Å²) in [4.78, 5) is 59.9. The van der Waals surface area contributed by atoms with Crippen molar-refractivity contribution in [3.8, 4) is 32.4 Å². The molecular weight excluding hydrogens is 970 g/mol. The van der Waals surface area contributed by atoms with Gasteiger partial charge in [0.15, 0.2) is 5.82 Å². The first-order valence-corrected chi connectivity index (χ1v) is 26.3. The van der Waals surface area contributed by atoms with Gasteiger partial charge >= 0.3 is 0 Å². The maximum atomic E-state index is 14.4. The number of hydrogen-bond donors (Lipinski definition) is 3. The van der Waals surface area contributed by atoms with Crippen LogP contribution in [0.4, 0.5) is 0 Å². The topological polar surface area (TPSA) is 195 Å². The molecular formula is C53H56ClN11O5S2. The summed E-state index contributed by atoms with van der Waals surface area (Å²) >= 11 is 9.54. The number of aliphatic hydroxyl groups is 1. The average Bonchev–Trinajstić information content (AvgIpc) is 4.19. The molecule has 2 aliphatic heterocycles. The molecule has 3 N–H and O–H groups in total. The highest BCUT2D eigenvalue weighted by molar-refractivity contribution is 7.15. The number of likely N-dealkylation sites (tertiary alicyclic amines) is 1. The van der Waals surface area contributed by atoms with E-state index in [1.165, 1.54) is 9.78 Å². The minimum Gasteiger partial charge on any atom is -0.474 e. The monoisotopic (exact) mass is 1030 g/mol. The van der Waals surface area contributed by atoms with Gasteiger partial charge in [0.25, 0.3) is 0 Å². The van der Waals surface area contributed by atoms with Crippen molar-refractivity contribution in [1.29, 1.82) is 0 Å². The number of aliphatic imine (C=N–C) groups is 1. The van der Waals surface area contributed by atoms with Crippen molar-refractivity contribution >= 4 is 57.7 Å². The van der Waals surface area contributed by atoms with Crippen LogP contribution in [0.15, 0.2) is 89.8 Å². The van der Waals surface area contributed by atoms with Crippen LogP contribution in [0.3, 0.4) is 0 Å². The van der Waals surface area contributed by atoms with Gasteiger partial charge in [-0.15, -0.1) is 32.9 Å². The molecule has 7 heterocycles. The van der Waals surface area contributed by atoms with Gasteiger partial charge in [0.2, 0.25) is 23.6 Å². The van der Waals surface area contributed by atoms with Gasteiger partial charge in [-0.1, -0.05) is 61.8 Å². The number of nitrogens with one attached hydrogen (secondary N) is 2. The second-order valence-electron chi connectivity index (χ2n) is 19.4. The van der Waals surface area contributed by atoms with Gasteiger partial charge in [-0.05, 0) is 81.0 Å². The predicted molar refractivity (Wildman–Crippen MR) is 278 cm³/mol. The van der Waals surface area contributed by atoms with Crippen molar-refractivity contribution in [2.24, 2.45) is 10.9 Å². The number of rotatable bonds is 14. The first kappa shape index (κ1) is 49.0. The van der Waals surface area contributed by atoms with Crippen LogP contribution in [-0.2, 0) is 14.4 Å². The summed E-state index contributed by atoms with van der Waals surface area (Å²) in [6.07, 6.45) is 5.63.